The van der Waals surface area contributed by atoms with Gasteiger partial charge in [0.05, 0.1) is 18.3 Å². The maximum Gasteiger partial charge on any atom is 0.334 e. The zero-order chi connectivity index (χ0) is 11.1. The van der Waals surface area contributed by atoms with Crippen LogP contribution in [0.15, 0.2) is 24.3 Å². The summed E-state index contributed by atoms with van der Waals surface area (Å²) >= 11 is 0. The van der Waals surface area contributed by atoms with Gasteiger partial charge in [0.15, 0.2) is 0 Å². The first-order valence-corrected chi connectivity index (χ1v) is 3.89. The summed E-state index contributed by atoms with van der Waals surface area (Å²) in [7, 11) is 0. The Hall–Kier alpha value is -1.62. The second-order valence-corrected chi connectivity index (χ2v) is 2.51. The quantitative estimate of drug-likeness (QED) is 0.486. The average Bonchev–Trinajstić information content (AvgIpc) is 2.09. The molecule has 0 rings (SSSR count). The van der Waals surface area contributed by atoms with Gasteiger partial charge < -0.3 is 14.9 Å². The first-order chi connectivity index (χ1) is 6.49. The average molecular weight is 200 g/mol. The lowest BCUT2D eigenvalue weighted by molar-refractivity contribution is -0.136. The van der Waals surface area contributed by atoms with Crippen molar-refractivity contribution in [3.8, 4) is 0 Å². The molecule has 0 aliphatic carbocycles. The fourth-order valence-corrected chi connectivity index (χ4v) is 0.788. The van der Waals surface area contributed by atoms with Crippen molar-refractivity contribution >= 4 is 11.9 Å². The molecule has 1 atom stereocenters. The molecule has 0 radical (unpaired) electrons. The molecule has 0 aromatic rings. The fourth-order valence-electron chi connectivity index (χ4n) is 0.788. The van der Waals surface area contributed by atoms with Crippen LogP contribution in [0, 0.1) is 0 Å². The maximum atomic E-state index is 10.6. The molecule has 14 heavy (non-hydrogen) atoms. The van der Waals surface area contributed by atoms with Crippen LogP contribution in [-0.2, 0) is 14.3 Å². The van der Waals surface area contributed by atoms with Gasteiger partial charge in [-0.2, -0.15) is 0 Å². The van der Waals surface area contributed by atoms with Gasteiger partial charge in [-0.25, -0.2) is 9.59 Å². The number of aliphatic carboxylic acids is 2. The van der Waals surface area contributed by atoms with Gasteiger partial charge in [-0.3, -0.25) is 0 Å². The molecular formula is C9H12O5. The van der Waals surface area contributed by atoms with Gasteiger partial charge in [-0.1, -0.05) is 6.08 Å². The molecular weight excluding hydrogens is 188 g/mol. The standard InChI is InChI=1S/C9H12O5/c1-3-4-14-6(2)7(9(12)13)5-8(10)11/h3,5-6H,1,4H2,2H3,(H,10,11)(H,12,13). The van der Waals surface area contributed by atoms with Crippen LogP contribution in [0.2, 0.25) is 0 Å². The van der Waals surface area contributed by atoms with Gasteiger partial charge in [0.2, 0.25) is 0 Å². The van der Waals surface area contributed by atoms with Crippen LogP contribution < -0.4 is 0 Å². The van der Waals surface area contributed by atoms with Crippen molar-refractivity contribution in [1.29, 1.82) is 0 Å². The Kier molecular flexibility index (Phi) is 5.24. The van der Waals surface area contributed by atoms with Crippen LogP contribution in [-0.4, -0.2) is 34.9 Å². The van der Waals surface area contributed by atoms with Crippen molar-refractivity contribution in [2.24, 2.45) is 0 Å². The van der Waals surface area contributed by atoms with Crippen LogP contribution in [0.5, 0.6) is 0 Å². The molecule has 0 saturated heterocycles. The van der Waals surface area contributed by atoms with Crippen molar-refractivity contribution in [3.63, 3.8) is 0 Å². The summed E-state index contributed by atoms with van der Waals surface area (Å²) in [6.07, 6.45) is 1.30. The lowest BCUT2D eigenvalue weighted by Gasteiger charge is -2.11. The molecule has 0 fully saturated rings. The summed E-state index contributed by atoms with van der Waals surface area (Å²) in [6.45, 7) is 5.03. The number of carbonyl (C=O) groups is 2. The summed E-state index contributed by atoms with van der Waals surface area (Å²) in [5.74, 6) is -2.61. The van der Waals surface area contributed by atoms with E-state index in [2.05, 4.69) is 6.58 Å². The van der Waals surface area contributed by atoms with E-state index in [9.17, 15) is 9.59 Å². The molecule has 5 nitrogen and oxygen atoms in total. The number of rotatable bonds is 6. The van der Waals surface area contributed by atoms with Crippen LogP contribution in [0.4, 0.5) is 0 Å². The van der Waals surface area contributed by atoms with Crippen molar-refractivity contribution < 1.29 is 24.5 Å². The lowest BCUT2D eigenvalue weighted by Crippen LogP contribution is -2.19. The highest BCUT2D eigenvalue weighted by Crippen LogP contribution is 2.06. The van der Waals surface area contributed by atoms with Crippen LogP contribution in [0.3, 0.4) is 0 Å². The van der Waals surface area contributed by atoms with Crippen LogP contribution >= 0.6 is 0 Å². The minimum absolute atomic E-state index is 0.172. The Morgan fingerprint density at radius 2 is 2.07 bits per heavy atom. The Balaban J connectivity index is 4.57. The lowest BCUT2D eigenvalue weighted by atomic mass is 10.1. The number of ether oxygens (including phenoxy) is 1. The highest BCUT2D eigenvalue weighted by atomic mass is 16.5. The fraction of sp³-hybridized carbons (Fsp3) is 0.333. The van der Waals surface area contributed by atoms with Crippen molar-refractivity contribution in [2.45, 2.75) is 13.0 Å². The molecule has 2 N–H and O–H groups in total. The second kappa shape index (κ2) is 5.93. The van der Waals surface area contributed by atoms with E-state index in [4.69, 9.17) is 14.9 Å². The zero-order valence-corrected chi connectivity index (χ0v) is 7.77. The third-order valence-electron chi connectivity index (χ3n) is 1.43. The third-order valence-corrected chi connectivity index (χ3v) is 1.43. The minimum Gasteiger partial charge on any atom is -0.478 e. The van der Waals surface area contributed by atoms with Gasteiger partial charge in [-0.15, -0.1) is 6.58 Å². The van der Waals surface area contributed by atoms with Gasteiger partial charge in [0.1, 0.15) is 0 Å². The first-order valence-electron chi connectivity index (χ1n) is 3.89. The Morgan fingerprint density at radius 3 is 2.43 bits per heavy atom. The first kappa shape index (κ1) is 12.4. The Morgan fingerprint density at radius 1 is 1.50 bits per heavy atom. The van der Waals surface area contributed by atoms with E-state index in [1.165, 1.54) is 13.0 Å². The van der Waals surface area contributed by atoms with Gasteiger partial charge in [0, 0.05) is 6.08 Å². The minimum atomic E-state index is -1.31. The van der Waals surface area contributed by atoms with Crippen molar-refractivity contribution in [3.05, 3.63) is 24.3 Å². The van der Waals surface area contributed by atoms with E-state index < -0.39 is 18.0 Å². The normalized spacial score (nSPS) is 13.4. The van der Waals surface area contributed by atoms with E-state index in [1.807, 2.05) is 0 Å². The number of hydrogen-bond acceptors (Lipinski definition) is 3. The number of carboxylic acid groups (broad SMARTS) is 2. The Labute approximate surface area is 81.3 Å². The van der Waals surface area contributed by atoms with Crippen LogP contribution in [0.25, 0.3) is 0 Å². The predicted octanol–water partition coefficient (Wildman–Crippen LogP) is 0.673. The van der Waals surface area contributed by atoms with Gasteiger partial charge in [0.25, 0.3) is 0 Å². The molecule has 0 heterocycles. The van der Waals surface area contributed by atoms with E-state index in [0.717, 1.165) is 0 Å². The molecule has 0 spiro atoms. The smallest absolute Gasteiger partial charge is 0.334 e. The molecule has 0 aliphatic heterocycles. The zero-order valence-electron chi connectivity index (χ0n) is 7.77. The molecule has 0 aromatic heterocycles. The molecule has 0 bridgehead atoms. The molecule has 5 heteroatoms. The summed E-state index contributed by atoms with van der Waals surface area (Å²) in [5, 5.41) is 17.0. The maximum absolute atomic E-state index is 10.6. The largest absolute Gasteiger partial charge is 0.478 e. The SMILES string of the molecule is C=CCOC(C)C(=CC(=O)O)C(=O)O. The summed E-state index contributed by atoms with van der Waals surface area (Å²) in [5.41, 5.74) is -0.292. The van der Waals surface area contributed by atoms with E-state index >= 15 is 0 Å². The van der Waals surface area contributed by atoms with Crippen molar-refractivity contribution in [2.75, 3.05) is 6.61 Å². The highest BCUT2D eigenvalue weighted by Gasteiger charge is 2.17. The molecule has 0 saturated carbocycles. The monoisotopic (exact) mass is 200 g/mol. The molecule has 0 aromatic carbocycles. The van der Waals surface area contributed by atoms with E-state index in [1.54, 1.807) is 0 Å². The topological polar surface area (TPSA) is 83.8 Å². The number of hydrogen-bond donors (Lipinski definition) is 2. The molecule has 0 aliphatic rings. The summed E-state index contributed by atoms with van der Waals surface area (Å²) in [4.78, 5) is 20.9. The molecule has 78 valence electrons. The molecule has 1 unspecified atom stereocenters. The van der Waals surface area contributed by atoms with Crippen LogP contribution in [0.1, 0.15) is 6.92 Å². The third kappa shape index (κ3) is 4.42. The summed E-state index contributed by atoms with van der Waals surface area (Å²) < 4.78 is 4.98. The van der Waals surface area contributed by atoms with Crippen molar-refractivity contribution in [1.82, 2.24) is 0 Å². The summed E-state index contributed by atoms with van der Waals surface area (Å²) in [6, 6.07) is 0. The predicted molar refractivity (Wildman–Crippen MR) is 49.0 cm³/mol. The highest BCUT2D eigenvalue weighted by molar-refractivity contribution is 5.95. The van der Waals surface area contributed by atoms with Gasteiger partial charge >= 0.3 is 11.9 Å². The van der Waals surface area contributed by atoms with E-state index in [-0.39, 0.29) is 12.2 Å². The van der Waals surface area contributed by atoms with E-state index in [0.29, 0.717) is 6.08 Å². The number of carboxylic acids is 2. The Bertz CT molecular complexity index is 266. The second-order valence-electron chi connectivity index (χ2n) is 2.51. The molecule has 0 amide bonds. The van der Waals surface area contributed by atoms with Gasteiger partial charge in [-0.05, 0) is 6.92 Å².